The van der Waals surface area contributed by atoms with Gasteiger partial charge in [-0.3, -0.25) is 9.42 Å². The third kappa shape index (κ3) is 5.39. The summed E-state index contributed by atoms with van der Waals surface area (Å²) in [5.41, 5.74) is 0. The van der Waals surface area contributed by atoms with Crippen molar-refractivity contribution in [1.29, 1.82) is 0 Å². The first kappa shape index (κ1) is 14.1. The molecule has 1 rings (SSSR count). The molecule has 1 radical (unpaired) electrons. The fraction of sp³-hybridized carbons (Fsp3) is 1.00. The first-order valence-corrected chi connectivity index (χ1v) is 7.08. The summed E-state index contributed by atoms with van der Waals surface area (Å²) in [5, 5.41) is 10.6. The Balaban J connectivity index is 2.30. The van der Waals surface area contributed by atoms with Crippen molar-refractivity contribution in [2.24, 2.45) is 0 Å². The van der Waals surface area contributed by atoms with Gasteiger partial charge in [0.15, 0.2) is 0 Å². The molecule has 1 aliphatic rings. The molecule has 2 N–H and O–H groups in total. The summed E-state index contributed by atoms with van der Waals surface area (Å²) in [7, 11) is -4.38. The molecule has 0 spiro atoms. The Bertz CT molecular complexity index is 238. The van der Waals surface area contributed by atoms with E-state index < -0.39 is 7.82 Å². The first-order valence-electron chi connectivity index (χ1n) is 5.55. The molecule has 7 heteroatoms. The van der Waals surface area contributed by atoms with Gasteiger partial charge in [-0.05, 0) is 12.8 Å². The average molecular weight is 252 g/mol. The van der Waals surface area contributed by atoms with Crippen LogP contribution in [0, 0.1) is 0 Å². The van der Waals surface area contributed by atoms with Crippen LogP contribution in [0.5, 0.6) is 0 Å². The van der Waals surface area contributed by atoms with Crippen molar-refractivity contribution in [2.45, 2.75) is 31.7 Å². The molecule has 0 aromatic heterocycles. The number of hydrogen-bond donors (Lipinski definition) is 2. The van der Waals surface area contributed by atoms with Gasteiger partial charge in [-0.1, -0.05) is 12.8 Å². The van der Waals surface area contributed by atoms with Crippen LogP contribution < -0.4 is 0 Å². The molecule has 0 unspecified atom stereocenters. The van der Waals surface area contributed by atoms with Gasteiger partial charge in [-0.25, -0.2) is 9.67 Å². The van der Waals surface area contributed by atoms with Crippen molar-refractivity contribution in [3.8, 4) is 0 Å². The molecular weight excluding hydrogens is 233 g/mol. The fourth-order valence-corrected chi connectivity index (χ4v) is 2.46. The monoisotopic (exact) mass is 252 g/mol. The van der Waals surface area contributed by atoms with E-state index in [0.717, 1.165) is 12.8 Å². The lowest BCUT2D eigenvalue weighted by molar-refractivity contribution is 0.0934. The van der Waals surface area contributed by atoms with Crippen molar-refractivity contribution >= 4 is 7.82 Å². The van der Waals surface area contributed by atoms with Gasteiger partial charge in [0, 0.05) is 19.1 Å². The molecular formula is C9H19NO5P. The first-order chi connectivity index (χ1) is 7.53. The molecule has 0 heterocycles. The Morgan fingerprint density at radius 3 is 2.38 bits per heavy atom. The minimum absolute atomic E-state index is 0.0270. The molecule has 95 valence electrons. The van der Waals surface area contributed by atoms with Gasteiger partial charge < -0.3 is 9.79 Å². The molecule has 6 nitrogen and oxygen atoms in total. The van der Waals surface area contributed by atoms with Crippen LogP contribution in [0.25, 0.3) is 0 Å². The van der Waals surface area contributed by atoms with E-state index >= 15 is 0 Å². The second-order valence-corrected chi connectivity index (χ2v) is 5.24. The van der Waals surface area contributed by atoms with E-state index in [9.17, 15) is 9.67 Å². The normalized spacial score (nSPS) is 18.5. The molecule has 1 fully saturated rings. The fourth-order valence-electron chi connectivity index (χ4n) is 2.14. The Hall–Kier alpha value is 0.0300. The van der Waals surface area contributed by atoms with Gasteiger partial charge >= 0.3 is 7.82 Å². The Morgan fingerprint density at radius 1 is 1.25 bits per heavy atom. The summed E-state index contributed by atoms with van der Waals surface area (Å²) in [6.07, 6.45) is 4.46. The third-order valence-electron chi connectivity index (χ3n) is 2.86. The highest BCUT2D eigenvalue weighted by Gasteiger charge is 2.23. The molecule has 0 saturated heterocycles. The zero-order valence-electron chi connectivity index (χ0n) is 9.25. The van der Waals surface area contributed by atoms with Crippen LogP contribution in [-0.2, 0) is 14.2 Å². The van der Waals surface area contributed by atoms with Gasteiger partial charge in [0.05, 0.1) is 13.2 Å². The van der Waals surface area contributed by atoms with Crippen LogP contribution in [-0.4, -0.2) is 47.0 Å². The van der Waals surface area contributed by atoms with Crippen molar-refractivity contribution in [3.05, 3.63) is 0 Å². The zero-order valence-corrected chi connectivity index (χ0v) is 10.1. The van der Waals surface area contributed by atoms with Crippen molar-refractivity contribution < 1.29 is 24.0 Å². The lowest BCUT2D eigenvalue weighted by atomic mass is 10.2. The van der Waals surface area contributed by atoms with Crippen molar-refractivity contribution in [2.75, 3.05) is 26.3 Å². The lowest BCUT2D eigenvalue weighted by Gasteiger charge is -2.27. The summed E-state index contributed by atoms with van der Waals surface area (Å²) >= 11 is 0. The summed E-state index contributed by atoms with van der Waals surface area (Å²) in [6.45, 7) is 0.625. The van der Waals surface area contributed by atoms with Crippen LogP contribution in [0.4, 0.5) is 0 Å². The highest BCUT2D eigenvalue weighted by molar-refractivity contribution is 7.46. The number of nitrogens with zero attached hydrogens (tertiary/aromatic N) is 1. The number of phosphoric acid groups is 1. The average Bonchev–Trinajstić information content (AvgIpc) is 2.67. The lowest BCUT2D eigenvalue weighted by Crippen LogP contribution is -2.37. The van der Waals surface area contributed by atoms with Gasteiger partial charge in [-0.2, -0.15) is 0 Å². The molecule has 0 bridgehead atoms. The summed E-state index contributed by atoms with van der Waals surface area (Å²) in [5.74, 6) is 0. The third-order valence-corrected chi connectivity index (χ3v) is 3.38. The molecule has 0 amide bonds. The minimum Gasteiger partial charge on any atom is -0.303 e. The van der Waals surface area contributed by atoms with E-state index in [-0.39, 0.29) is 13.2 Å². The van der Waals surface area contributed by atoms with E-state index in [1.807, 2.05) is 4.90 Å². The predicted octanol–water partition coefficient (Wildman–Crippen LogP) is 0.771. The van der Waals surface area contributed by atoms with E-state index in [4.69, 9.17) is 9.79 Å². The largest absolute Gasteiger partial charge is 0.469 e. The highest BCUT2D eigenvalue weighted by Crippen LogP contribution is 2.35. The zero-order chi connectivity index (χ0) is 12.0. The second kappa shape index (κ2) is 6.69. The maximum Gasteiger partial charge on any atom is 0.469 e. The maximum atomic E-state index is 10.6. The Morgan fingerprint density at radius 2 is 1.88 bits per heavy atom. The van der Waals surface area contributed by atoms with E-state index in [1.54, 1.807) is 0 Å². The van der Waals surface area contributed by atoms with Crippen LogP contribution in [0.1, 0.15) is 25.7 Å². The van der Waals surface area contributed by atoms with Gasteiger partial charge in [0.2, 0.25) is 0 Å². The maximum absolute atomic E-state index is 10.6. The van der Waals surface area contributed by atoms with E-state index in [2.05, 4.69) is 4.52 Å². The van der Waals surface area contributed by atoms with Crippen LogP contribution in [0.15, 0.2) is 0 Å². The summed E-state index contributed by atoms with van der Waals surface area (Å²) in [6, 6.07) is 0.384. The van der Waals surface area contributed by atoms with E-state index in [1.165, 1.54) is 12.8 Å². The van der Waals surface area contributed by atoms with Crippen LogP contribution in [0.2, 0.25) is 0 Å². The van der Waals surface area contributed by atoms with Gasteiger partial charge in [0.1, 0.15) is 0 Å². The summed E-state index contributed by atoms with van der Waals surface area (Å²) in [4.78, 5) is 19.1. The smallest absolute Gasteiger partial charge is 0.303 e. The van der Waals surface area contributed by atoms with Crippen molar-refractivity contribution in [1.82, 2.24) is 4.90 Å². The molecule has 1 aliphatic carbocycles. The molecule has 0 atom stereocenters. The molecule has 16 heavy (non-hydrogen) atoms. The molecule has 1 saturated carbocycles. The van der Waals surface area contributed by atoms with Crippen molar-refractivity contribution in [3.63, 3.8) is 0 Å². The quantitative estimate of drug-likeness (QED) is 0.653. The standard InChI is InChI=1S/C9H19NO5P/c11-7-5-10(9-3-1-2-4-9)6-8-15-16(12,13)14/h9H,1-8H2,(H2,12,13,14). The molecule has 0 aromatic carbocycles. The SMILES string of the molecule is [O]CCN(CCOP(=O)(O)O)C1CCCC1. The summed E-state index contributed by atoms with van der Waals surface area (Å²) < 4.78 is 14.9. The molecule has 0 aliphatic heterocycles. The predicted molar refractivity (Wildman–Crippen MR) is 57.4 cm³/mol. The minimum atomic E-state index is -4.38. The second-order valence-electron chi connectivity index (χ2n) is 4.00. The van der Waals surface area contributed by atoms with Gasteiger partial charge in [0.25, 0.3) is 0 Å². The van der Waals surface area contributed by atoms with E-state index in [0.29, 0.717) is 19.1 Å². The van der Waals surface area contributed by atoms with Gasteiger partial charge in [-0.15, -0.1) is 0 Å². The Kier molecular flexibility index (Phi) is 5.89. The molecule has 0 aromatic rings. The van der Waals surface area contributed by atoms with Crippen LogP contribution >= 0.6 is 7.82 Å². The number of hydrogen-bond acceptors (Lipinski definition) is 3. The topological polar surface area (TPSA) is 89.9 Å². The highest BCUT2D eigenvalue weighted by atomic mass is 31.2. The van der Waals surface area contributed by atoms with Crippen LogP contribution in [0.3, 0.4) is 0 Å². The Labute approximate surface area is 95.5 Å². The number of phosphoric ester groups is 1. The number of rotatable bonds is 7.